The fourth-order valence-electron chi connectivity index (χ4n) is 1.96. The SMILES string of the molecule is O=C(CNCC1CC1)N1CCCCC1. The van der Waals surface area contributed by atoms with Crippen molar-refractivity contribution in [1.29, 1.82) is 0 Å². The molecule has 0 bridgehead atoms. The van der Waals surface area contributed by atoms with Crippen molar-refractivity contribution in [2.45, 2.75) is 32.1 Å². The lowest BCUT2D eigenvalue weighted by atomic mass is 10.1. The highest BCUT2D eigenvalue weighted by Gasteiger charge is 2.21. The highest BCUT2D eigenvalue weighted by atomic mass is 16.2. The van der Waals surface area contributed by atoms with E-state index in [4.69, 9.17) is 0 Å². The average molecular weight is 196 g/mol. The van der Waals surface area contributed by atoms with E-state index in [2.05, 4.69) is 5.32 Å². The van der Waals surface area contributed by atoms with Crippen molar-refractivity contribution < 1.29 is 4.79 Å². The second-order valence-electron chi connectivity index (χ2n) is 4.52. The monoisotopic (exact) mass is 196 g/mol. The van der Waals surface area contributed by atoms with Crippen LogP contribution in [0.25, 0.3) is 0 Å². The van der Waals surface area contributed by atoms with Crippen molar-refractivity contribution in [3.8, 4) is 0 Å². The number of carbonyl (C=O) groups is 1. The average Bonchev–Trinajstić information content (AvgIpc) is 3.03. The molecule has 1 aliphatic heterocycles. The van der Waals surface area contributed by atoms with Gasteiger partial charge in [-0.1, -0.05) is 0 Å². The largest absolute Gasteiger partial charge is 0.342 e. The third-order valence-electron chi connectivity index (χ3n) is 3.11. The molecule has 1 heterocycles. The van der Waals surface area contributed by atoms with Crippen LogP contribution in [0.3, 0.4) is 0 Å². The normalized spacial score (nSPS) is 22.4. The number of hydrogen-bond acceptors (Lipinski definition) is 2. The number of carbonyl (C=O) groups excluding carboxylic acids is 1. The summed E-state index contributed by atoms with van der Waals surface area (Å²) in [5, 5.41) is 3.25. The molecule has 14 heavy (non-hydrogen) atoms. The first kappa shape index (κ1) is 9.97. The summed E-state index contributed by atoms with van der Waals surface area (Å²) in [4.78, 5) is 13.7. The van der Waals surface area contributed by atoms with Gasteiger partial charge in [-0.15, -0.1) is 0 Å². The second-order valence-corrected chi connectivity index (χ2v) is 4.52. The highest BCUT2D eigenvalue weighted by Crippen LogP contribution is 2.27. The van der Waals surface area contributed by atoms with Crippen LogP contribution < -0.4 is 5.32 Å². The summed E-state index contributed by atoms with van der Waals surface area (Å²) in [6, 6.07) is 0. The molecule has 0 unspecified atom stereocenters. The summed E-state index contributed by atoms with van der Waals surface area (Å²) in [5.74, 6) is 1.16. The Balaban J connectivity index is 1.60. The van der Waals surface area contributed by atoms with Gasteiger partial charge in [0.15, 0.2) is 0 Å². The van der Waals surface area contributed by atoms with Crippen molar-refractivity contribution in [3.63, 3.8) is 0 Å². The van der Waals surface area contributed by atoms with E-state index in [1.807, 2.05) is 4.90 Å². The van der Waals surface area contributed by atoms with Crippen LogP contribution in [0.1, 0.15) is 32.1 Å². The first-order valence-electron chi connectivity index (χ1n) is 5.85. The molecule has 1 N–H and O–H groups in total. The third-order valence-corrected chi connectivity index (χ3v) is 3.11. The number of likely N-dealkylation sites (tertiary alicyclic amines) is 1. The molecule has 0 aromatic carbocycles. The minimum absolute atomic E-state index is 0.297. The molecule has 0 atom stereocenters. The predicted octanol–water partition coefficient (Wildman–Crippen LogP) is 0.998. The Morgan fingerprint density at radius 3 is 2.57 bits per heavy atom. The Morgan fingerprint density at radius 1 is 1.21 bits per heavy atom. The quantitative estimate of drug-likeness (QED) is 0.727. The van der Waals surface area contributed by atoms with Gasteiger partial charge in [0.2, 0.25) is 5.91 Å². The lowest BCUT2D eigenvalue weighted by Crippen LogP contribution is -2.41. The summed E-state index contributed by atoms with van der Waals surface area (Å²) in [5.41, 5.74) is 0. The van der Waals surface area contributed by atoms with E-state index in [0.29, 0.717) is 12.5 Å². The fourth-order valence-corrected chi connectivity index (χ4v) is 1.96. The van der Waals surface area contributed by atoms with Crippen molar-refractivity contribution in [3.05, 3.63) is 0 Å². The van der Waals surface area contributed by atoms with E-state index in [-0.39, 0.29) is 0 Å². The van der Waals surface area contributed by atoms with Gasteiger partial charge in [0, 0.05) is 13.1 Å². The number of nitrogens with zero attached hydrogens (tertiary/aromatic N) is 1. The van der Waals surface area contributed by atoms with E-state index < -0.39 is 0 Å². The van der Waals surface area contributed by atoms with Crippen LogP contribution in [0.2, 0.25) is 0 Å². The Labute approximate surface area is 85.8 Å². The minimum atomic E-state index is 0.297. The Hall–Kier alpha value is -0.570. The Kier molecular flexibility index (Phi) is 3.40. The summed E-state index contributed by atoms with van der Waals surface area (Å²) < 4.78 is 0. The maximum atomic E-state index is 11.7. The molecule has 1 saturated carbocycles. The first-order valence-corrected chi connectivity index (χ1v) is 5.85. The van der Waals surface area contributed by atoms with Gasteiger partial charge in [0.1, 0.15) is 0 Å². The summed E-state index contributed by atoms with van der Waals surface area (Å²) in [7, 11) is 0. The molecule has 0 radical (unpaired) electrons. The lowest BCUT2D eigenvalue weighted by Gasteiger charge is -2.26. The molecule has 1 amide bonds. The number of nitrogens with one attached hydrogen (secondary N) is 1. The van der Waals surface area contributed by atoms with E-state index in [1.165, 1.54) is 32.1 Å². The smallest absolute Gasteiger partial charge is 0.236 e. The van der Waals surface area contributed by atoms with Crippen molar-refractivity contribution in [2.24, 2.45) is 5.92 Å². The summed E-state index contributed by atoms with van der Waals surface area (Å²) in [6.07, 6.45) is 6.37. The molecular weight excluding hydrogens is 176 g/mol. The zero-order valence-corrected chi connectivity index (χ0v) is 8.80. The van der Waals surface area contributed by atoms with Crippen LogP contribution >= 0.6 is 0 Å². The maximum absolute atomic E-state index is 11.7. The van der Waals surface area contributed by atoms with Gasteiger partial charge in [0.25, 0.3) is 0 Å². The van der Waals surface area contributed by atoms with E-state index in [0.717, 1.165) is 25.6 Å². The number of rotatable bonds is 4. The van der Waals surface area contributed by atoms with Crippen LogP contribution in [-0.2, 0) is 4.79 Å². The van der Waals surface area contributed by atoms with Crippen molar-refractivity contribution >= 4 is 5.91 Å². The van der Waals surface area contributed by atoms with Gasteiger partial charge in [0.05, 0.1) is 6.54 Å². The molecule has 2 aliphatic rings. The van der Waals surface area contributed by atoms with E-state index >= 15 is 0 Å². The fraction of sp³-hybridized carbons (Fsp3) is 0.909. The van der Waals surface area contributed by atoms with Gasteiger partial charge in [-0.2, -0.15) is 0 Å². The van der Waals surface area contributed by atoms with Gasteiger partial charge >= 0.3 is 0 Å². The zero-order valence-electron chi connectivity index (χ0n) is 8.80. The molecule has 3 heteroatoms. The zero-order chi connectivity index (χ0) is 9.80. The number of hydrogen-bond donors (Lipinski definition) is 1. The van der Waals surface area contributed by atoms with Crippen LogP contribution in [0.5, 0.6) is 0 Å². The first-order chi connectivity index (χ1) is 6.86. The molecule has 2 fully saturated rings. The Bertz CT molecular complexity index is 195. The predicted molar refractivity (Wildman–Crippen MR) is 56.0 cm³/mol. The molecule has 2 rings (SSSR count). The number of amides is 1. The van der Waals surface area contributed by atoms with Gasteiger partial charge in [-0.05, 0) is 44.6 Å². The van der Waals surface area contributed by atoms with E-state index in [9.17, 15) is 4.79 Å². The van der Waals surface area contributed by atoms with Crippen LogP contribution in [0.4, 0.5) is 0 Å². The molecule has 80 valence electrons. The molecule has 0 aromatic heterocycles. The number of piperidine rings is 1. The van der Waals surface area contributed by atoms with Crippen LogP contribution in [0.15, 0.2) is 0 Å². The van der Waals surface area contributed by atoms with Crippen LogP contribution in [-0.4, -0.2) is 37.0 Å². The van der Waals surface area contributed by atoms with Gasteiger partial charge in [-0.3, -0.25) is 4.79 Å². The summed E-state index contributed by atoms with van der Waals surface area (Å²) in [6.45, 7) is 3.55. The third kappa shape index (κ3) is 2.98. The van der Waals surface area contributed by atoms with Gasteiger partial charge in [-0.25, -0.2) is 0 Å². The van der Waals surface area contributed by atoms with Gasteiger partial charge < -0.3 is 10.2 Å². The maximum Gasteiger partial charge on any atom is 0.236 e. The molecule has 0 aromatic rings. The molecular formula is C11H20N2O. The minimum Gasteiger partial charge on any atom is -0.342 e. The highest BCUT2D eigenvalue weighted by molar-refractivity contribution is 5.78. The topological polar surface area (TPSA) is 32.3 Å². The van der Waals surface area contributed by atoms with Crippen molar-refractivity contribution in [1.82, 2.24) is 10.2 Å². The Morgan fingerprint density at radius 2 is 1.93 bits per heavy atom. The molecule has 1 aliphatic carbocycles. The molecule has 3 nitrogen and oxygen atoms in total. The standard InChI is InChI=1S/C11H20N2O/c14-11(9-12-8-10-4-5-10)13-6-2-1-3-7-13/h10,12H,1-9H2. The van der Waals surface area contributed by atoms with E-state index in [1.54, 1.807) is 0 Å². The summed E-state index contributed by atoms with van der Waals surface area (Å²) >= 11 is 0. The lowest BCUT2D eigenvalue weighted by molar-refractivity contribution is -0.131. The molecule has 1 saturated heterocycles. The van der Waals surface area contributed by atoms with Crippen LogP contribution in [0, 0.1) is 5.92 Å². The molecule has 0 spiro atoms. The van der Waals surface area contributed by atoms with Crippen molar-refractivity contribution in [2.75, 3.05) is 26.2 Å². The second kappa shape index (κ2) is 4.78.